The smallest absolute Gasteiger partial charge is 0.127 e. The lowest BCUT2D eigenvalue weighted by atomic mass is 10.0. The van der Waals surface area contributed by atoms with E-state index in [2.05, 4.69) is 68.5 Å². The van der Waals surface area contributed by atoms with Gasteiger partial charge >= 0.3 is 0 Å². The maximum Gasteiger partial charge on any atom is 0.127 e. The lowest BCUT2D eigenvalue weighted by Gasteiger charge is -2.29. The minimum atomic E-state index is 1.00. The van der Waals surface area contributed by atoms with Gasteiger partial charge in [0.1, 0.15) is 38.5 Å². The number of piperazine rings is 1. The van der Waals surface area contributed by atoms with E-state index in [-0.39, 0.29) is 0 Å². The van der Waals surface area contributed by atoms with Crippen LogP contribution < -0.4 is 14.5 Å². The number of quaternary nitrogens is 2. The lowest BCUT2D eigenvalue weighted by molar-refractivity contribution is -1.02. The van der Waals surface area contributed by atoms with Crippen LogP contribution in [-0.2, 0) is 6.54 Å². The number of nitrogens with one attached hydrogen (secondary N) is 2. The van der Waals surface area contributed by atoms with E-state index in [1.807, 2.05) is 0 Å². The number of benzene rings is 2. The van der Waals surface area contributed by atoms with E-state index in [0.29, 0.717) is 0 Å². The highest BCUT2D eigenvalue weighted by molar-refractivity contribution is 5.48. The Morgan fingerprint density at radius 1 is 0.923 bits per heavy atom. The fourth-order valence-electron chi connectivity index (χ4n) is 3.79. The van der Waals surface area contributed by atoms with Gasteiger partial charge in [-0.3, -0.25) is 0 Å². The third-order valence-corrected chi connectivity index (χ3v) is 5.47. The van der Waals surface area contributed by atoms with Crippen molar-refractivity contribution in [2.24, 2.45) is 0 Å². The summed E-state index contributed by atoms with van der Waals surface area (Å²) >= 11 is 0. The molecule has 0 saturated carbocycles. The van der Waals surface area contributed by atoms with Crippen LogP contribution in [0.4, 0.5) is 0 Å². The van der Waals surface area contributed by atoms with Gasteiger partial charge in [0.25, 0.3) is 0 Å². The molecule has 3 nitrogen and oxygen atoms in total. The van der Waals surface area contributed by atoms with Crippen LogP contribution in [0.3, 0.4) is 0 Å². The summed E-state index contributed by atoms with van der Waals surface area (Å²) in [7, 11) is 1.75. The van der Waals surface area contributed by atoms with Gasteiger partial charge in [0, 0.05) is 5.56 Å². The second kappa shape index (κ2) is 9.02. The molecule has 3 heteroatoms. The van der Waals surface area contributed by atoms with Crippen molar-refractivity contribution in [2.75, 3.05) is 39.8 Å². The third kappa shape index (κ3) is 4.96. The second-order valence-electron chi connectivity index (χ2n) is 7.44. The predicted octanol–water partition coefficient (Wildman–Crippen LogP) is 1.31. The highest BCUT2D eigenvalue weighted by atomic mass is 16.5. The van der Waals surface area contributed by atoms with Gasteiger partial charge in [0.2, 0.25) is 0 Å². The molecule has 1 heterocycles. The monoisotopic (exact) mass is 352 g/mol. The minimum absolute atomic E-state index is 1.00. The summed E-state index contributed by atoms with van der Waals surface area (Å²) in [6.45, 7) is 11.6. The van der Waals surface area contributed by atoms with Crippen molar-refractivity contribution in [3.8, 4) is 5.75 Å². The van der Waals surface area contributed by atoms with E-state index in [0.717, 1.165) is 18.8 Å². The van der Waals surface area contributed by atoms with Gasteiger partial charge in [-0.05, 0) is 48.7 Å². The van der Waals surface area contributed by atoms with Gasteiger partial charge in [-0.2, -0.15) is 0 Å². The molecule has 0 aliphatic carbocycles. The Labute approximate surface area is 157 Å². The number of hydrogen-bond donors (Lipinski definition) is 2. The standard InChI is InChI=1S/C23H30N2O/c1-19-17-23(26-3)20(2)16-22(19)18-25-14-12-24(13-15-25)11-7-10-21-8-5-4-6-9-21/h4-10,16-17H,11-15,18H2,1-3H3/p+2/b10-7+. The molecule has 0 bridgehead atoms. The molecule has 138 valence electrons. The number of hydrogen-bond acceptors (Lipinski definition) is 1. The molecule has 0 aromatic heterocycles. The first kappa shape index (κ1) is 18.7. The summed E-state index contributed by atoms with van der Waals surface area (Å²) in [5.41, 5.74) is 5.34. The molecular weight excluding hydrogens is 320 g/mol. The van der Waals surface area contributed by atoms with Crippen LogP contribution in [0.2, 0.25) is 0 Å². The van der Waals surface area contributed by atoms with Gasteiger partial charge in [0.05, 0.1) is 13.7 Å². The maximum absolute atomic E-state index is 5.44. The Hall–Kier alpha value is -2.10. The van der Waals surface area contributed by atoms with E-state index in [1.54, 1.807) is 16.9 Å². The van der Waals surface area contributed by atoms with Crippen molar-refractivity contribution in [2.45, 2.75) is 20.4 Å². The molecule has 2 aromatic carbocycles. The van der Waals surface area contributed by atoms with Crippen LogP contribution in [0.15, 0.2) is 48.5 Å². The zero-order valence-electron chi connectivity index (χ0n) is 16.3. The van der Waals surface area contributed by atoms with E-state index < -0.39 is 0 Å². The van der Waals surface area contributed by atoms with Crippen LogP contribution in [0.1, 0.15) is 22.3 Å². The fourth-order valence-corrected chi connectivity index (χ4v) is 3.79. The normalized spacial score (nSPS) is 20.4. The molecule has 3 rings (SSSR count). The van der Waals surface area contributed by atoms with E-state index in [4.69, 9.17) is 4.74 Å². The molecule has 0 unspecified atom stereocenters. The summed E-state index contributed by atoms with van der Waals surface area (Å²) in [4.78, 5) is 3.40. The SMILES string of the molecule is COc1cc(C)c(C[NH+]2CC[NH+](C/C=C/c3ccccc3)CC2)cc1C. The highest BCUT2D eigenvalue weighted by Crippen LogP contribution is 2.21. The van der Waals surface area contributed by atoms with Crippen molar-refractivity contribution >= 4 is 6.08 Å². The zero-order valence-corrected chi connectivity index (χ0v) is 16.3. The van der Waals surface area contributed by atoms with Crippen LogP contribution in [-0.4, -0.2) is 39.8 Å². The molecule has 0 atom stereocenters. The average molecular weight is 353 g/mol. The molecule has 2 N–H and O–H groups in total. The van der Waals surface area contributed by atoms with Gasteiger partial charge in [0.15, 0.2) is 0 Å². The van der Waals surface area contributed by atoms with Crippen molar-refractivity contribution < 1.29 is 14.5 Å². The van der Waals surface area contributed by atoms with Crippen LogP contribution in [0.5, 0.6) is 5.75 Å². The molecule has 0 radical (unpaired) electrons. The van der Waals surface area contributed by atoms with Crippen molar-refractivity contribution in [1.82, 2.24) is 0 Å². The fraction of sp³-hybridized carbons (Fsp3) is 0.391. The van der Waals surface area contributed by atoms with Crippen molar-refractivity contribution in [3.05, 3.63) is 70.8 Å². The highest BCUT2D eigenvalue weighted by Gasteiger charge is 2.22. The van der Waals surface area contributed by atoms with Crippen molar-refractivity contribution in [3.63, 3.8) is 0 Å². The van der Waals surface area contributed by atoms with Gasteiger partial charge in [-0.25, -0.2) is 0 Å². The Balaban J connectivity index is 1.48. The average Bonchev–Trinajstić information content (AvgIpc) is 2.66. The maximum atomic E-state index is 5.44. The summed E-state index contributed by atoms with van der Waals surface area (Å²) in [6.07, 6.45) is 4.57. The Bertz CT molecular complexity index is 731. The van der Waals surface area contributed by atoms with Gasteiger partial charge in [-0.1, -0.05) is 36.4 Å². The molecule has 2 aromatic rings. The third-order valence-electron chi connectivity index (χ3n) is 5.47. The van der Waals surface area contributed by atoms with Crippen LogP contribution in [0.25, 0.3) is 6.08 Å². The van der Waals surface area contributed by atoms with Gasteiger partial charge in [-0.15, -0.1) is 0 Å². The second-order valence-corrected chi connectivity index (χ2v) is 7.44. The Kier molecular flexibility index (Phi) is 6.48. The van der Waals surface area contributed by atoms with E-state index >= 15 is 0 Å². The van der Waals surface area contributed by atoms with Gasteiger partial charge < -0.3 is 14.5 Å². The van der Waals surface area contributed by atoms with E-state index in [1.165, 1.54) is 48.4 Å². The number of rotatable bonds is 6. The number of aryl methyl sites for hydroxylation is 2. The molecule has 1 aliphatic heterocycles. The summed E-state index contributed by atoms with van der Waals surface area (Å²) in [5, 5.41) is 0. The number of ether oxygens (including phenoxy) is 1. The molecule has 1 saturated heterocycles. The molecule has 0 amide bonds. The molecule has 26 heavy (non-hydrogen) atoms. The zero-order chi connectivity index (χ0) is 18.4. The number of methoxy groups -OCH3 is 1. The minimum Gasteiger partial charge on any atom is -0.496 e. The first-order chi connectivity index (χ1) is 12.7. The van der Waals surface area contributed by atoms with E-state index in [9.17, 15) is 0 Å². The lowest BCUT2D eigenvalue weighted by Crippen LogP contribution is -3.27. The Morgan fingerprint density at radius 3 is 2.31 bits per heavy atom. The predicted molar refractivity (Wildman–Crippen MR) is 108 cm³/mol. The first-order valence-corrected chi connectivity index (χ1v) is 9.68. The summed E-state index contributed by atoms with van der Waals surface area (Å²) in [5.74, 6) is 1.00. The molecule has 0 spiro atoms. The largest absolute Gasteiger partial charge is 0.496 e. The quantitative estimate of drug-likeness (QED) is 0.802. The topological polar surface area (TPSA) is 18.1 Å². The summed E-state index contributed by atoms with van der Waals surface area (Å²) < 4.78 is 5.44. The molecule has 1 fully saturated rings. The summed E-state index contributed by atoms with van der Waals surface area (Å²) in [6, 6.07) is 15.1. The van der Waals surface area contributed by atoms with Crippen LogP contribution >= 0.6 is 0 Å². The molecular formula is C23H32N2O+2. The molecule has 1 aliphatic rings. The van der Waals surface area contributed by atoms with Crippen molar-refractivity contribution in [1.29, 1.82) is 0 Å². The first-order valence-electron chi connectivity index (χ1n) is 9.68. The van der Waals surface area contributed by atoms with Crippen LogP contribution in [0, 0.1) is 13.8 Å². The Morgan fingerprint density at radius 2 is 1.62 bits per heavy atom.